The van der Waals surface area contributed by atoms with Crippen molar-refractivity contribution >= 4 is 17.3 Å². The topological polar surface area (TPSA) is 86.5 Å². The zero-order chi connectivity index (χ0) is 18.8. The minimum atomic E-state index is -0.655. The maximum Gasteiger partial charge on any atom is 0.280 e. The number of allylic oxidation sites excluding steroid dienone is 1. The highest BCUT2D eigenvalue weighted by molar-refractivity contribution is 6.28. The number of ketones is 2. The Kier molecular flexibility index (Phi) is 5.40. The molecule has 0 unspecified atom stereocenters. The van der Waals surface area contributed by atoms with Crippen molar-refractivity contribution < 1.29 is 19.2 Å². The molecule has 6 heteroatoms. The summed E-state index contributed by atoms with van der Waals surface area (Å²) < 4.78 is 5.14. The van der Waals surface area contributed by atoms with Crippen LogP contribution in [0.5, 0.6) is 0 Å². The fourth-order valence-electron chi connectivity index (χ4n) is 2.44. The van der Waals surface area contributed by atoms with Crippen LogP contribution in [0.25, 0.3) is 0 Å². The van der Waals surface area contributed by atoms with Crippen LogP contribution in [0, 0.1) is 16.0 Å². The van der Waals surface area contributed by atoms with Crippen molar-refractivity contribution in [3.8, 4) is 0 Å². The fourth-order valence-corrected chi connectivity index (χ4v) is 2.44. The molecule has 1 aliphatic rings. The average molecular weight is 345 g/mol. The standard InChI is InChI=1S/C19H23NO5/c1-5-25-11-15(17(21)12-6-7-12)18(22)14-9-8-13(19(2,3)4)10-16(14)20(23)24/h8-12H,5-7H2,1-4H3/b15-11-. The van der Waals surface area contributed by atoms with Gasteiger partial charge in [0.05, 0.1) is 17.8 Å². The molecule has 0 aliphatic heterocycles. The maximum absolute atomic E-state index is 12.8. The molecule has 0 radical (unpaired) electrons. The summed E-state index contributed by atoms with van der Waals surface area (Å²) in [5.74, 6) is -1.13. The molecule has 0 N–H and O–H groups in total. The number of hydrogen-bond donors (Lipinski definition) is 0. The van der Waals surface area contributed by atoms with E-state index in [-0.39, 0.29) is 33.9 Å². The Morgan fingerprint density at radius 2 is 1.96 bits per heavy atom. The number of carbonyl (C=O) groups excluding carboxylic acids is 2. The number of Topliss-reactive ketones (excluding diaryl/α,β-unsaturated/α-hetero) is 2. The SMILES string of the molecule is CCO/C=C(\C(=O)c1ccc(C(C)(C)C)cc1[N+](=O)[O-])C(=O)C1CC1. The molecular weight excluding hydrogens is 322 g/mol. The van der Waals surface area contributed by atoms with Crippen LogP contribution in [0.4, 0.5) is 5.69 Å². The van der Waals surface area contributed by atoms with E-state index in [0.29, 0.717) is 6.61 Å². The lowest BCUT2D eigenvalue weighted by Gasteiger charge is -2.19. The van der Waals surface area contributed by atoms with Crippen LogP contribution in [0.2, 0.25) is 0 Å². The molecule has 1 aliphatic carbocycles. The number of nitrogens with zero attached hydrogens (tertiary/aromatic N) is 1. The van der Waals surface area contributed by atoms with Gasteiger partial charge in [-0.05, 0) is 36.8 Å². The third kappa shape index (κ3) is 4.32. The van der Waals surface area contributed by atoms with Crippen LogP contribution in [-0.4, -0.2) is 23.1 Å². The molecule has 2 rings (SSSR count). The predicted octanol–water partition coefficient (Wildman–Crippen LogP) is 3.97. The molecule has 0 saturated heterocycles. The Labute approximate surface area is 147 Å². The van der Waals surface area contributed by atoms with Crippen LogP contribution in [-0.2, 0) is 14.9 Å². The highest BCUT2D eigenvalue weighted by Crippen LogP contribution is 2.35. The van der Waals surface area contributed by atoms with Crippen LogP contribution in [0.15, 0.2) is 30.0 Å². The highest BCUT2D eigenvalue weighted by Gasteiger charge is 2.37. The Balaban J connectivity index is 2.48. The second-order valence-electron chi connectivity index (χ2n) is 7.19. The van der Waals surface area contributed by atoms with Crippen molar-refractivity contribution in [1.29, 1.82) is 0 Å². The Morgan fingerprint density at radius 1 is 1.32 bits per heavy atom. The number of nitro benzene ring substituents is 1. The van der Waals surface area contributed by atoms with Gasteiger partial charge in [-0.15, -0.1) is 0 Å². The van der Waals surface area contributed by atoms with Crippen molar-refractivity contribution in [3.63, 3.8) is 0 Å². The van der Waals surface area contributed by atoms with Crippen molar-refractivity contribution in [1.82, 2.24) is 0 Å². The van der Waals surface area contributed by atoms with Gasteiger partial charge in [-0.2, -0.15) is 0 Å². The summed E-state index contributed by atoms with van der Waals surface area (Å²) in [6.07, 6.45) is 2.62. The monoisotopic (exact) mass is 345 g/mol. The van der Waals surface area contributed by atoms with Gasteiger partial charge in [0, 0.05) is 12.0 Å². The summed E-state index contributed by atoms with van der Waals surface area (Å²) in [5.41, 5.74) is -0.0305. The van der Waals surface area contributed by atoms with Crippen LogP contribution in [0.3, 0.4) is 0 Å². The third-order valence-electron chi connectivity index (χ3n) is 4.13. The van der Waals surface area contributed by atoms with Gasteiger partial charge >= 0.3 is 0 Å². The zero-order valence-corrected chi connectivity index (χ0v) is 15.0. The summed E-state index contributed by atoms with van der Waals surface area (Å²) in [5, 5.41) is 11.5. The quantitative estimate of drug-likeness (QED) is 0.142. The van der Waals surface area contributed by atoms with E-state index in [9.17, 15) is 19.7 Å². The van der Waals surface area contributed by atoms with Gasteiger partial charge in [0.2, 0.25) is 5.78 Å². The molecule has 0 bridgehead atoms. The number of rotatable bonds is 7. The Morgan fingerprint density at radius 3 is 2.44 bits per heavy atom. The number of nitro groups is 1. The second kappa shape index (κ2) is 7.17. The summed E-state index contributed by atoms with van der Waals surface area (Å²) >= 11 is 0. The summed E-state index contributed by atoms with van der Waals surface area (Å²) in [6, 6.07) is 4.54. The molecule has 0 amide bonds. The largest absolute Gasteiger partial charge is 0.501 e. The lowest BCUT2D eigenvalue weighted by molar-refractivity contribution is -0.385. The number of benzene rings is 1. The molecule has 6 nitrogen and oxygen atoms in total. The molecule has 1 aromatic rings. The molecule has 0 heterocycles. The molecule has 0 spiro atoms. The number of carbonyl (C=O) groups is 2. The normalized spacial score (nSPS) is 15.0. The number of hydrogen-bond acceptors (Lipinski definition) is 5. The van der Waals surface area contributed by atoms with E-state index >= 15 is 0 Å². The number of ether oxygens (including phenoxy) is 1. The van der Waals surface area contributed by atoms with E-state index in [1.54, 1.807) is 13.0 Å². The van der Waals surface area contributed by atoms with E-state index in [4.69, 9.17) is 4.74 Å². The molecule has 1 fully saturated rings. The van der Waals surface area contributed by atoms with Gasteiger partial charge in [-0.3, -0.25) is 19.7 Å². The first-order chi connectivity index (χ1) is 11.7. The maximum atomic E-state index is 12.8. The van der Waals surface area contributed by atoms with Gasteiger partial charge in [0.1, 0.15) is 11.1 Å². The van der Waals surface area contributed by atoms with Crippen LogP contribution in [0.1, 0.15) is 56.5 Å². The first kappa shape index (κ1) is 18.8. The summed E-state index contributed by atoms with van der Waals surface area (Å²) in [7, 11) is 0. The van der Waals surface area contributed by atoms with Crippen LogP contribution < -0.4 is 0 Å². The molecule has 1 aromatic carbocycles. The minimum Gasteiger partial charge on any atom is -0.501 e. The lowest BCUT2D eigenvalue weighted by atomic mass is 9.85. The minimum absolute atomic E-state index is 0.0852. The van der Waals surface area contributed by atoms with Gasteiger partial charge < -0.3 is 4.74 Å². The van der Waals surface area contributed by atoms with Crippen LogP contribution >= 0.6 is 0 Å². The first-order valence-corrected chi connectivity index (χ1v) is 8.36. The summed E-state index contributed by atoms with van der Waals surface area (Å²) in [4.78, 5) is 36.1. The van der Waals surface area contributed by atoms with Crippen molar-refractivity contribution in [2.75, 3.05) is 6.61 Å². The van der Waals surface area contributed by atoms with Gasteiger partial charge in [0.15, 0.2) is 5.78 Å². The highest BCUT2D eigenvalue weighted by atomic mass is 16.6. The van der Waals surface area contributed by atoms with E-state index < -0.39 is 10.7 Å². The molecular formula is C19H23NO5. The van der Waals surface area contributed by atoms with Gasteiger partial charge in [-0.25, -0.2) is 0 Å². The summed E-state index contributed by atoms with van der Waals surface area (Å²) in [6.45, 7) is 7.85. The smallest absolute Gasteiger partial charge is 0.280 e. The predicted molar refractivity (Wildman–Crippen MR) is 93.6 cm³/mol. The van der Waals surface area contributed by atoms with E-state index in [1.807, 2.05) is 20.8 Å². The second-order valence-corrected chi connectivity index (χ2v) is 7.19. The van der Waals surface area contributed by atoms with Crippen molar-refractivity contribution in [2.24, 2.45) is 5.92 Å². The average Bonchev–Trinajstić information content (AvgIpc) is 3.38. The van der Waals surface area contributed by atoms with Gasteiger partial charge in [-0.1, -0.05) is 26.8 Å². The van der Waals surface area contributed by atoms with Crippen molar-refractivity contribution in [3.05, 3.63) is 51.3 Å². The van der Waals surface area contributed by atoms with E-state index in [2.05, 4.69) is 0 Å². The molecule has 0 aromatic heterocycles. The van der Waals surface area contributed by atoms with E-state index in [0.717, 1.165) is 24.7 Å². The third-order valence-corrected chi connectivity index (χ3v) is 4.13. The van der Waals surface area contributed by atoms with Crippen molar-refractivity contribution in [2.45, 2.75) is 46.0 Å². The molecule has 134 valence electrons. The Bertz CT molecular complexity index is 739. The zero-order valence-electron chi connectivity index (χ0n) is 15.0. The fraction of sp³-hybridized carbons (Fsp3) is 0.474. The molecule has 1 saturated carbocycles. The van der Waals surface area contributed by atoms with Gasteiger partial charge in [0.25, 0.3) is 5.69 Å². The lowest BCUT2D eigenvalue weighted by Crippen LogP contribution is -2.18. The Hall–Kier alpha value is -2.50. The molecule has 0 atom stereocenters. The molecule has 25 heavy (non-hydrogen) atoms. The first-order valence-electron chi connectivity index (χ1n) is 8.36. The van der Waals surface area contributed by atoms with E-state index in [1.165, 1.54) is 12.1 Å².